The first kappa shape index (κ1) is 15.9. The third-order valence-electron chi connectivity index (χ3n) is 3.30. The molecule has 2 aromatic carbocycles. The summed E-state index contributed by atoms with van der Waals surface area (Å²) in [7, 11) is 4.00. The maximum atomic E-state index is 11.8. The molecule has 0 aliphatic heterocycles. The standard InChI is InChI=1S/C18H22N2O2/c1-14-5-4-6-17(11-14)22-13-18(21)19-12-15-7-9-16(10-8-15)20(2)3/h4-11H,12-13H2,1-3H3,(H,19,21). The van der Waals surface area contributed by atoms with E-state index in [1.165, 1.54) is 0 Å². The lowest BCUT2D eigenvalue weighted by Gasteiger charge is -2.13. The number of amides is 1. The van der Waals surface area contributed by atoms with Gasteiger partial charge in [-0.15, -0.1) is 0 Å². The number of anilines is 1. The molecule has 0 atom stereocenters. The maximum absolute atomic E-state index is 11.8. The zero-order valence-electron chi connectivity index (χ0n) is 13.3. The van der Waals surface area contributed by atoms with E-state index >= 15 is 0 Å². The van der Waals surface area contributed by atoms with Gasteiger partial charge in [-0.1, -0.05) is 24.3 Å². The SMILES string of the molecule is Cc1cccc(OCC(=O)NCc2ccc(N(C)C)cc2)c1. The molecule has 0 saturated heterocycles. The highest BCUT2D eigenvalue weighted by molar-refractivity contribution is 5.77. The Morgan fingerprint density at radius 1 is 1.14 bits per heavy atom. The van der Waals surface area contributed by atoms with Crippen LogP contribution in [0.3, 0.4) is 0 Å². The van der Waals surface area contributed by atoms with Crippen LogP contribution in [-0.2, 0) is 11.3 Å². The van der Waals surface area contributed by atoms with Gasteiger partial charge in [-0.2, -0.15) is 0 Å². The van der Waals surface area contributed by atoms with Crippen molar-refractivity contribution in [1.29, 1.82) is 0 Å². The molecule has 0 spiro atoms. The first-order valence-corrected chi connectivity index (χ1v) is 7.27. The Bertz CT molecular complexity index is 621. The van der Waals surface area contributed by atoms with Crippen molar-refractivity contribution >= 4 is 11.6 Å². The summed E-state index contributed by atoms with van der Waals surface area (Å²) in [5.41, 5.74) is 3.31. The lowest BCUT2D eigenvalue weighted by molar-refractivity contribution is -0.123. The second kappa shape index (κ2) is 7.50. The monoisotopic (exact) mass is 298 g/mol. The summed E-state index contributed by atoms with van der Waals surface area (Å²) in [5.74, 6) is 0.587. The Morgan fingerprint density at radius 3 is 2.50 bits per heavy atom. The van der Waals surface area contributed by atoms with E-state index in [1.807, 2.05) is 74.4 Å². The molecule has 2 rings (SSSR count). The number of rotatable bonds is 6. The van der Waals surface area contributed by atoms with E-state index in [1.54, 1.807) is 0 Å². The van der Waals surface area contributed by atoms with Crippen LogP contribution in [0.1, 0.15) is 11.1 Å². The first-order valence-electron chi connectivity index (χ1n) is 7.27. The Hall–Kier alpha value is -2.49. The molecule has 1 amide bonds. The molecule has 0 heterocycles. The molecule has 0 radical (unpaired) electrons. The summed E-state index contributed by atoms with van der Waals surface area (Å²) in [6.45, 7) is 2.52. The number of nitrogens with zero attached hydrogens (tertiary/aromatic N) is 1. The van der Waals surface area contributed by atoms with Gasteiger partial charge in [-0.05, 0) is 42.3 Å². The highest BCUT2D eigenvalue weighted by Gasteiger charge is 2.03. The van der Waals surface area contributed by atoms with Crippen LogP contribution < -0.4 is 15.0 Å². The van der Waals surface area contributed by atoms with E-state index < -0.39 is 0 Å². The number of carbonyl (C=O) groups excluding carboxylic acids is 1. The molecule has 22 heavy (non-hydrogen) atoms. The molecular weight excluding hydrogens is 276 g/mol. The number of ether oxygens (including phenoxy) is 1. The number of carbonyl (C=O) groups is 1. The zero-order chi connectivity index (χ0) is 15.9. The van der Waals surface area contributed by atoms with Gasteiger partial charge in [-0.3, -0.25) is 4.79 Å². The van der Waals surface area contributed by atoms with Gasteiger partial charge in [0, 0.05) is 26.3 Å². The minimum atomic E-state index is -0.127. The summed E-state index contributed by atoms with van der Waals surface area (Å²) < 4.78 is 5.47. The highest BCUT2D eigenvalue weighted by atomic mass is 16.5. The van der Waals surface area contributed by atoms with E-state index in [0.717, 1.165) is 16.8 Å². The number of hydrogen-bond acceptors (Lipinski definition) is 3. The maximum Gasteiger partial charge on any atom is 0.258 e. The van der Waals surface area contributed by atoms with Gasteiger partial charge in [0.2, 0.25) is 0 Å². The third-order valence-corrected chi connectivity index (χ3v) is 3.30. The van der Waals surface area contributed by atoms with Crippen molar-refractivity contribution in [2.45, 2.75) is 13.5 Å². The van der Waals surface area contributed by atoms with Gasteiger partial charge in [0.1, 0.15) is 5.75 Å². The van der Waals surface area contributed by atoms with Crippen LogP contribution in [0.15, 0.2) is 48.5 Å². The molecule has 0 fully saturated rings. The molecule has 1 N–H and O–H groups in total. The number of nitrogens with one attached hydrogen (secondary N) is 1. The Labute approximate surface area is 131 Å². The van der Waals surface area contributed by atoms with Gasteiger partial charge in [0.05, 0.1) is 0 Å². The molecule has 0 bridgehead atoms. The van der Waals surface area contributed by atoms with E-state index in [4.69, 9.17) is 4.74 Å². The largest absolute Gasteiger partial charge is 0.484 e. The molecular formula is C18H22N2O2. The van der Waals surface area contributed by atoms with Crippen LogP contribution in [-0.4, -0.2) is 26.6 Å². The van der Waals surface area contributed by atoms with Gasteiger partial charge in [0.15, 0.2) is 6.61 Å². The lowest BCUT2D eigenvalue weighted by atomic mass is 10.2. The van der Waals surface area contributed by atoms with Crippen molar-refractivity contribution in [2.75, 3.05) is 25.6 Å². The van der Waals surface area contributed by atoms with Crippen LogP contribution in [0.2, 0.25) is 0 Å². The lowest BCUT2D eigenvalue weighted by Crippen LogP contribution is -2.28. The first-order chi connectivity index (χ1) is 10.5. The smallest absolute Gasteiger partial charge is 0.258 e. The van der Waals surface area contributed by atoms with Gasteiger partial charge < -0.3 is 15.0 Å². The predicted molar refractivity (Wildman–Crippen MR) is 89.3 cm³/mol. The molecule has 116 valence electrons. The molecule has 0 aliphatic rings. The fourth-order valence-corrected chi connectivity index (χ4v) is 2.02. The van der Waals surface area contributed by atoms with E-state index in [0.29, 0.717) is 12.3 Å². The Morgan fingerprint density at radius 2 is 1.86 bits per heavy atom. The predicted octanol–water partition coefficient (Wildman–Crippen LogP) is 2.76. The van der Waals surface area contributed by atoms with Crippen molar-refractivity contribution in [2.24, 2.45) is 0 Å². The molecule has 0 aromatic heterocycles. The summed E-state index contributed by atoms with van der Waals surface area (Å²) in [5, 5.41) is 2.85. The summed E-state index contributed by atoms with van der Waals surface area (Å²) >= 11 is 0. The summed E-state index contributed by atoms with van der Waals surface area (Å²) in [4.78, 5) is 13.8. The van der Waals surface area contributed by atoms with Crippen LogP contribution in [0.25, 0.3) is 0 Å². The second-order valence-corrected chi connectivity index (χ2v) is 5.44. The third kappa shape index (κ3) is 4.81. The average molecular weight is 298 g/mol. The zero-order valence-corrected chi connectivity index (χ0v) is 13.3. The van der Waals surface area contributed by atoms with E-state index in [-0.39, 0.29) is 12.5 Å². The molecule has 0 saturated carbocycles. The summed E-state index contributed by atoms with van der Waals surface area (Å²) in [6, 6.07) is 15.7. The van der Waals surface area contributed by atoms with E-state index in [9.17, 15) is 4.79 Å². The normalized spacial score (nSPS) is 10.1. The van der Waals surface area contributed by atoms with Crippen molar-refractivity contribution in [3.63, 3.8) is 0 Å². The minimum absolute atomic E-state index is 0.0270. The fourth-order valence-electron chi connectivity index (χ4n) is 2.02. The van der Waals surface area contributed by atoms with Crippen LogP contribution in [0.4, 0.5) is 5.69 Å². The fraction of sp³-hybridized carbons (Fsp3) is 0.278. The second-order valence-electron chi connectivity index (χ2n) is 5.44. The van der Waals surface area contributed by atoms with Crippen molar-refractivity contribution in [1.82, 2.24) is 5.32 Å². The van der Waals surface area contributed by atoms with Crippen LogP contribution in [0.5, 0.6) is 5.75 Å². The number of aryl methyl sites for hydroxylation is 1. The van der Waals surface area contributed by atoms with Crippen molar-refractivity contribution in [3.05, 3.63) is 59.7 Å². The molecule has 4 heteroatoms. The molecule has 4 nitrogen and oxygen atoms in total. The number of hydrogen-bond donors (Lipinski definition) is 1. The Kier molecular flexibility index (Phi) is 5.42. The van der Waals surface area contributed by atoms with Crippen LogP contribution >= 0.6 is 0 Å². The van der Waals surface area contributed by atoms with E-state index in [2.05, 4.69) is 5.32 Å². The number of benzene rings is 2. The quantitative estimate of drug-likeness (QED) is 0.891. The van der Waals surface area contributed by atoms with Gasteiger partial charge >= 0.3 is 0 Å². The Balaban J connectivity index is 1.77. The molecule has 0 unspecified atom stereocenters. The summed E-state index contributed by atoms with van der Waals surface area (Å²) in [6.07, 6.45) is 0. The molecule has 2 aromatic rings. The molecule has 0 aliphatic carbocycles. The topological polar surface area (TPSA) is 41.6 Å². The van der Waals surface area contributed by atoms with Crippen molar-refractivity contribution in [3.8, 4) is 5.75 Å². The average Bonchev–Trinajstić information content (AvgIpc) is 2.51. The van der Waals surface area contributed by atoms with Gasteiger partial charge in [0.25, 0.3) is 5.91 Å². The minimum Gasteiger partial charge on any atom is -0.484 e. The highest BCUT2D eigenvalue weighted by Crippen LogP contribution is 2.13. The van der Waals surface area contributed by atoms with Crippen LogP contribution in [0, 0.1) is 6.92 Å². The van der Waals surface area contributed by atoms with Gasteiger partial charge in [-0.25, -0.2) is 0 Å². The van der Waals surface area contributed by atoms with Crippen molar-refractivity contribution < 1.29 is 9.53 Å².